The Kier molecular flexibility index (Phi) is 6.56. The lowest BCUT2D eigenvalue weighted by atomic mass is 10.1. The zero-order valence-corrected chi connectivity index (χ0v) is 21.8. The number of rotatable bonds is 6. The molecule has 0 bridgehead atoms. The van der Waals surface area contributed by atoms with E-state index in [0.717, 1.165) is 11.0 Å². The summed E-state index contributed by atoms with van der Waals surface area (Å²) in [7, 11) is -8.30. The molecule has 5 rings (SSSR count). The van der Waals surface area contributed by atoms with Gasteiger partial charge in [-0.2, -0.15) is 16.8 Å². The number of carbonyl (C=O) groups excluding carboxylic acids is 1. The molecule has 4 aromatic carbocycles. The highest BCUT2D eigenvalue weighted by Gasteiger charge is 2.37. The van der Waals surface area contributed by atoms with Gasteiger partial charge in [0.25, 0.3) is 26.1 Å². The second kappa shape index (κ2) is 9.75. The maximum Gasteiger partial charge on any atom is 0.297 e. The molecular formula is C27H20N2O8S2. The minimum absolute atomic E-state index is 0.0357. The lowest BCUT2D eigenvalue weighted by molar-refractivity contribution is -0.113. The van der Waals surface area contributed by atoms with Crippen LogP contribution >= 0.6 is 0 Å². The Bertz CT molecular complexity index is 1920. The maximum atomic E-state index is 13.8. The van der Waals surface area contributed by atoms with E-state index in [9.17, 15) is 30.7 Å². The molecule has 1 aliphatic rings. The minimum Gasteiger partial charge on any atom is -0.496 e. The van der Waals surface area contributed by atoms with Crippen molar-refractivity contribution in [2.24, 2.45) is 4.99 Å². The van der Waals surface area contributed by atoms with Gasteiger partial charge in [0.2, 0.25) is 0 Å². The quantitative estimate of drug-likeness (QED) is 0.262. The van der Waals surface area contributed by atoms with E-state index in [0.29, 0.717) is 16.9 Å². The smallest absolute Gasteiger partial charge is 0.297 e. The summed E-state index contributed by atoms with van der Waals surface area (Å²) in [5.74, 6) is -0.137. The van der Waals surface area contributed by atoms with E-state index in [1.54, 1.807) is 54.6 Å². The van der Waals surface area contributed by atoms with Gasteiger partial charge in [0.15, 0.2) is 0 Å². The van der Waals surface area contributed by atoms with Crippen LogP contribution in [0.25, 0.3) is 16.8 Å². The molecule has 10 nitrogen and oxygen atoms in total. The highest BCUT2D eigenvalue weighted by atomic mass is 32.2. The average Bonchev–Trinajstić information content (AvgIpc) is 3.22. The Morgan fingerprint density at radius 3 is 2.15 bits per heavy atom. The number of nitrogens with zero attached hydrogens (tertiary/aromatic N) is 2. The molecule has 0 spiro atoms. The maximum absolute atomic E-state index is 13.8. The molecule has 2 N–H and O–H groups in total. The summed E-state index contributed by atoms with van der Waals surface area (Å²) < 4.78 is 74.7. The highest BCUT2D eigenvalue weighted by molar-refractivity contribution is 7.86. The summed E-state index contributed by atoms with van der Waals surface area (Å²) in [4.78, 5) is 18.1. The number of amides is 1. The summed E-state index contributed by atoms with van der Waals surface area (Å²) in [5.41, 5.74) is 0.731. The molecule has 1 aliphatic heterocycles. The van der Waals surface area contributed by atoms with Gasteiger partial charge in [0.1, 0.15) is 27.1 Å². The van der Waals surface area contributed by atoms with E-state index in [-0.39, 0.29) is 28.0 Å². The molecule has 0 saturated heterocycles. The van der Waals surface area contributed by atoms with Crippen molar-refractivity contribution >= 4 is 54.5 Å². The predicted molar refractivity (Wildman–Crippen MR) is 145 cm³/mol. The van der Waals surface area contributed by atoms with Crippen LogP contribution in [0.4, 0.5) is 5.69 Å². The number of hydrogen-bond acceptors (Lipinski definition) is 7. The number of fused-ring (bicyclic) bond motifs is 1. The Morgan fingerprint density at radius 2 is 1.49 bits per heavy atom. The number of benzene rings is 4. The van der Waals surface area contributed by atoms with Crippen LogP contribution in [0.5, 0.6) is 5.75 Å². The van der Waals surface area contributed by atoms with E-state index in [1.807, 2.05) is 0 Å². The van der Waals surface area contributed by atoms with Gasteiger partial charge in [-0.15, -0.1) is 0 Å². The first-order chi connectivity index (χ1) is 18.5. The molecule has 0 saturated carbocycles. The Labute approximate surface area is 224 Å². The fourth-order valence-electron chi connectivity index (χ4n) is 4.42. The number of para-hydroxylation sites is 1. The topological polar surface area (TPSA) is 151 Å². The Hall–Kier alpha value is -4.36. The summed E-state index contributed by atoms with van der Waals surface area (Å²) in [6.07, 6.45) is 1.49. The van der Waals surface area contributed by atoms with Gasteiger partial charge < -0.3 is 4.74 Å². The van der Waals surface area contributed by atoms with Gasteiger partial charge in [0, 0.05) is 21.9 Å². The van der Waals surface area contributed by atoms with Crippen molar-refractivity contribution in [1.82, 2.24) is 0 Å². The number of aliphatic imine (C=N–C) groups is 1. The second-order valence-electron chi connectivity index (χ2n) is 8.43. The molecule has 0 atom stereocenters. The van der Waals surface area contributed by atoms with Gasteiger partial charge >= 0.3 is 0 Å². The first-order valence-electron chi connectivity index (χ1n) is 11.3. The molecule has 0 unspecified atom stereocenters. The van der Waals surface area contributed by atoms with Crippen LogP contribution in [0.2, 0.25) is 0 Å². The predicted octanol–water partition coefficient (Wildman–Crippen LogP) is 4.18. The van der Waals surface area contributed by atoms with Gasteiger partial charge in [-0.05, 0) is 24.3 Å². The van der Waals surface area contributed by atoms with Gasteiger partial charge in [0.05, 0.1) is 12.8 Å². The lowest BCUT2D eigenvalue weighted by Gasteiger charge is -2.22. The van der Waals surface area contributed by atoms with Crippen LogP contribution in [0.1, 0.15) is 11.1 Å². The number of ether oxygens (including phenoxy) is 1. The SMILES string of the molecule is COc1ccccc1/C=C1\N=C(c2ccccc2)N(c2ccc3c(S(=O)(=O)O)cccc3c2S(=O)(=O)O)C1=O. The molecule has 0 aromatic heterocycles. The van der Waals surface area contributed by atoms with Gasteiger partial charge in [-0.25, -0.2) is 4.99 Å². The third-order valence-electron chi connectivity index (χ3n) is 6.05. The standard InChI is InChI=1S/C27H20N2O8S2/c1-37-23-12-6-5-10-18(23)16-21-27(30)29(26(28-21)17-8-3-2-4-9-17)22-15-14-19-20(25(22)39(34,35)36)11-7-13-24(19)38(31,32)33/h2-16H,1H3,(H,31,32,33)(H,34,35,36)/b21-16-. The fraction of sp³-hybridized carbons (Fsp3) is 0.0370. The van der Waals surface area contributed by atoms with Crippen LogP contribution in [0.3, 0.4) is 0 Å². The summed E-state index contributed by atoms with van der Waals surface area (Å²) >= 11 is 0. The molecule has 1 amide bonds. The van der Waals surface area contributed by atoms with Crippen LogP contribution in [0, 0.1) is 0 Å². The minimum atomic E-state index is -5.04. The Morgan fingerprint density at radius 1 is 0.795 bits per heavy atom. The fourth-order valence-corrected chi connectivity index (χ4v) is 6.00. The molecule has 39 heavy (non-hydrogen) atoms. The summed E-state index contributed by atoms with van der Waals surface area (Å²) in [5, 5.41) is -0.376. The molecular weight excluding hydrogens is 544 g/mol. The van der Waals surface area contributed by atoms with E-state index in [2.05, 4.69) is 4.99 Å². The zero-order valence-electron chi connectivity index (χ0n) is 20.2. The zero-order chi connectivity index (χ0) is 27.9. The first kappa shape index (κ1) is 26.3. The normalized spacial score (nSPS) is 15.2. The first-order valence-corrected chi connectivity index (χ1v) is 14.2. The van der Waals surface area contributed by atoms with E-state index >= 15 is 0 Å². The van der Waals surface area contributed by atoms with Crippen LogP contribution < -0.4 is 9.64 Å². The molecule has 0 fully saturated rings. The van der Waals surface area contributed by atoms with Crippen molar-refractivity contribution in [3.63, 3.8) is 0 Å². The van der Waals surface area contributed by atoms with Crippen molar-refractivity contribution in [1.29, 1.82) is 0 Å². The van der Waals surface area contributed by atoms with E-state index in [1.165, 1.54) is 37.5 Å². The second-order valence-corrected chi connectivity index (χ2v) is 11.2. The summed E-state index contributed by atoms with van der Waals surface area (Å²) in [6.45, 7) is 0. The van der Waals surface area contributed by atoms with Crippen molar-refractivity contribution in [2.75, 3.05) is 12.0 Å². The van der Waals surface area contributed by atoms with E-state index < -0.39 is 35.9 Å². The van der Waals surface area contributed by atoms with Crippen LogP contribution in [-0.4, -0.2) is 44.8 Å². The number of amidine groups is 1. The monoisotopic (exact) mass is 564 g/mol. The van der Waals surface area contributed by atoms with Gasteiger partial charge in [-0.3, -0.25) is 18.8 Å². The third-order valence-corrected chi connectivity index (χ3v) is 7.91. The highest BCUT2D eigenvalue weighted by Crippen LogP contribution is 2.39. The molecule has 198 valence electrons. The molecule has 0 radical (unpaired) electrons. The number of carbonyl (C=O) groups is 1. The van der Waals surface area contributed by atoms with E-state index in [4.69, 9.17) is 4.74 Å². The van der Waals surface area contributed by atoms with Gasteiger partial charge in [-0.1, -0.05) is 66.7 Å². The molecule has 4 aromatic rings. The number of methoxy groups -OCH3 is 1. The number of hydrogen-bond donors (Lipinski definition) is 2. The van der Waals surface area contributed by atoms with Crippen molar-refractivity contribution in [2.45, 2.75) is 9.79 Å². The lowest BCUT2D eigenvalue weighted by Crippen LogP contribution is -2.34. The van der Waals surface area contributed by atoms with Crippen molar-refractivity contribution in [3.05, 3.63) is 102 Å². The third kappa shape index (κ3) is 4.81. The average molecular weight is 565 g/mol. The molecule has 1 heterocycles. The summed E-state index contributed by atoms with van der Waals surface area (Å²) in [6, 6.07) is 21.5. The van der Waals surface area contributed by atoms with Crippen LogP contribution in [-0.2, 0) is 25.0 Å². The van der Waals surface area contributed by atoms with Crippen molar-refractivity contribution in [3.8, 4) is 5.75 Å². The van der Waals surface area contributed by atoms with Crippen molar-refractivity contribution < 1.29 is 35.5 Å². The van der Waals surface area contributed by atoms with Crippen LogP contribution in [0.15, 0.2) is 105 Å². The number of anilines is 1. The largest absolute Gasteiger partial charge is 0.496 e. The molecule has 0 aliphatic carbocycles. The Balaban J connectivity index is 1.80. The molecule has 12 heteroatoms.